The first-order valence-corrected chi connectivity index (χ1v) is 7.11. The summed E-state index contributed by atoms with van der Waals surface area (Å²) in [5.74, 6) is 0. The van der Waals surface area contributed by atoms with Crippen LogP contribution in [0.2, 0.25) is 0 Å². The van der Waals surface area contributed by atoms with Crippen LogP contribution in [-0.2, 0) is 0 Å². The molecule has 2 N–H and O–H groups in total. The minimum Gasteiger partial charge on any atom is -0.455 e. The number of hydrogen-bond donors (Lipinski definition) is 2. The van der Waals surface area contributed by atoms with Gasteiger partial charge in [-0.3, -0.25) is 0 Å². The third-order valence-corrected chi connectivity index (χ3v) is 3.93. The summed E-state index contributed by atoms with van der Waals surface area (Å²) in [7, 11) is -1.52. The second-order valence-corrected chi connectivity index (χ2v) is 5.24. The van der Waals surface area contributed by atoms with Crippen LogP contribution in [0.5, 0.6) is 0 Å². The van der Waals surface area contributed by atoms with Crippen molar-refractivity contribution in [2.24, 2.45) is 0 Å². The standard InChI is InChI=1S/C18H13BO3/c20-19(21)16-10-3-1-6-12(16)14-8-5-9-15-13-7-2-4-11-17(13)22-18(14)15/h1-11,20-21H. The molecule has 1 aromatic heterocycles. The highest BCUT2D eigenvalue weighted by Gasteiger charge is 2.19. The number of fused-ring (bicyclic) bond motifs is 3. The van der Waals surface area contributed by atoms with Crippen molar-refractivity contribution in [3.8, 4) is 11.1 Å². The highest BCUT2D eigenvalue weighted by atomic mass is 16.4. The van der Waals surface area contributed by atoms with Crippen molar-refractivity contribution in [1.29, 1.82) is 0 Å². The molecule has 1 heterocycles. The highest BCUT2D eigenvalue weighted by Crippen LogP contribution is 2.34. The summed E-state index contributed by atoms with van der Waals surface area (Å²) in [4.78, 5) is 0. The van der Waals surface area contributed by atoms with Gasteiger partial charge in [-0.25, -0.2) is 0 Å². The van der Waals surface area contributed by atoms with E-state index in [1.165, 1.54) is 0 Å². The molecule has 0 fully saturated rings. The molecule has 4 rings (SSSR count). The fourth-order valence-corrected chi connectivity index (χ4v) is 2.93. The molecule has 0 saturated carbocycles. The lowest BCUT2D eigenvalue weighted by molar-refractivity contribution is 0.426. The molecule has 0 atom stereocenters. The predicted molar refractivity (Wildman–Crippen MR) is 89.0 cm³/mol. The molecule has 0 aliphatic carbocycles. The summed E-state index contributed by atoms with van der Waals surface area (Å²) in [6.45, 7) is 0. The third kappa shape index (κ3) is 1.93. The fraction of sp³-hybridized carbons (Fsp3) is 0. The molecule has 0 aliphatic rings. The molecular formula is C18H13BO3. The van der Waals surface area contributed by atoms with E-state index in [0.29, 0.717) is 5.46 Å². The molecule has 106 valence electrons. The van der Waals surface area contributed by atoms with Crippen molar-refractivity contribution >= 4 is 34.5 Å². The lowest BCUT2D eigenvalue weighted by atomic mass is 9.75. The Balaban J connectivity index is 2.08. The van der Waals surface area contributed by atoms with Crippen molar-refractivity contribution in [2.75, 3.05) is 0 Å². The van der Waals surface area contributed by atoms with E-state index in [9.17, 15) is 10.0 Å². The lowest BCUT2D eigenvalue weighted by Crippen LogP contribution is -2.31. The molecule has 0 radical (unpaired) electrons. The first-order valence-electron chi connectivity index (χ1n) is 7.11. The van der Waals surface area contributed by atoms with Crippen LogP contribution >= 0.6 is 0 Å². The zero-order valence-corrected chi connectivity index (χ0v) is 11.7. The van der Waals surface area contributed by atoms with E-state index in [-0.39, 0.29) is 0 Å². The Hall–Kier alpha value is -2.56. The number of para-hydroxylation sites is 2. The molecule has 4 heteroatoms. The molecule has 3 nitrogen and oxygen atoms in total. The van der Waals surface area contributed by atoms with Crippen LogP contribution in [0.3, 0.4) is 0 Å². The summed E-state index contributed by atoms with van der Waals surface area (Å²) in [5.41, 5.74) is 3.68. The summed E-state index contributed by atoms with van der Waals surface area (Å²) < 4.78 is 6.01. The maximum atomic E-state index is 9.60. The Morgan fingerprint density at radius 3 is 2.23 bits per heavy atom. The first kappa shape index (κ1) is 13.1. The van der Waals surface area contributed by atoms with Gasteiger partial charge in [0.15, 0.2) is 0 Å². The molecule has 0 saturated heterocycles. The van der Waals surface area contributed by atoms with E-state index < -0.39 is 7.12 Å². The Bertz CT molecular complexity index is 972. The van der Waals surface area contributed by atoms with E-state index in [1.54, 1.807) is 12.1 Å². The van der Waals surface area contributed by atoms with Crippen LogP contribution < -0.4 is 5.46 Å². The van der Waals surface area contributed by atoms with Gasteiger partial charge in [-0.1, -0.05) is 60.7 Å². The van der Waals surface area contributed by atoms with E-state index in [0.717, 1.165) is 33.1 Å². The zero-order valence-electron chi connectivity index (χ0n) is 11.7. The van der Waals surface area contributed by atoms with Crippen molar-refractivity contribution in [1.82, 2.24) is 0 Å². The molecule has 0 aliphatic heterocycles. The minimum atomic E-state index is -1.52. The van der Waals surface area contributed by atoms with Crippen molar-refractivity contribution in [3.05, 3.63) is 66.7 Å². The SMILES string of the molecule is OB(O)c1ccccc1-c1cccc2c1oc1ccccc12. The molecule has 0 amide bonds. The van der Waals surface area contributed by atoms with Crippen LogP contribution in [0.25, 0.3) is 33.1 Å². The average molecular weight is 288 g/mol. The quantitative estimate of drug-likeness (QED) is 0.558. The molecule has 3 aromatic carbocycles. The zero-order chi connectivity index (χ0) is 15.1. The Labute approximate surface area is 127 Å². The smallest absolute Gasteiger partial charge is 0.455 e. The number of benzene rings is 3. The van der Waals surface area contributed by atoms with Crippen molar-refractivity contribution in [2.45, 2.75) is 0 Å². The Morgan fingerprint density at radius 1 is 0.682 bits per heavy atom. The van der Waals surface area contributed by atoms with Gasteiger partial charge in [-0.05, 0) is 17.1 Å². The topological polar surface area (TPSA) is 53.6 Å². The molecule has 4 aromatic rings. The van der Waals surface area contributed by atoms with Crippen LogP contribution in [0, 0.1) is 0 Å². The van der Waals surface area contributed by atoms with Gasteiger partial charge < -0.3 is 14.5 Å². The van der Waals surface area contributed by atoms with Gasteiger partial charge in [-0.15, -0.1) is 0 Å². The van der Waals surface area contributed by atoms with Gasteiger partial charge in [0.1, 0.15) is 11.2 Å². The Morgan fingerprint density at radius 2 is 1.36 bits per heavy atom. The van der Waals surface area contributed by atoms with Gasteiger partial charge in [0.05, 0.1) is 0 Å². The summed E-state index contributed by atoms with van der Waals surface area (Å²) in [6.07, 6.45) is 0. The van der Waals surface area contributed by atoms with Crippen LogP contribution in [0.15, 0.2) is 71.1 Å². The highest BCUT2D eigenvalue weighted by molar-refractivity contribution is 6.60. The van der Waals surface area contributed by atoms with E-state index in [4.69, 9.17) is 4.42 Å². The molecule has 0 unspecified atom stereocenters. The third-order valence-electron chi connectivity index (χ3n) is 3.93. The summed E-state index contributed by atoms with van der Waals surface area (Å²) in [5, 5.41) is 21.3. The van der Waals surface area contributed by atoms with E-state index >= 15 is 0 Å². The van der Waals surface area contributed by atoms with Crippen LogP contribution in [0.1, 0.15) is 0 Å². The number of furan rings is 1. The molecule has 22 heavy (non-hydrogen) atoms. The van der Waals surface area contributed by atoms with Crippen LogP contribution in [-0.4, -0.2) is 17.2 Å². The van der Waals surface area contributed by atoms with Crippen LogP contribution in [0.4, 0.5) is 0 Å². The average Bonchev–Trinajstić information content (AvgIpc) is 2.93. The lowest BCUT2D eigenvalue weighted by Gasteiger charge is -2.09. The fourth-order valence-electron chi connectivity index (χ4n) is 2.93. The predicted octanol–water partition coefficient (Wildman–Crippen LogP) is 2.93. The van der Waals surface area contributed by atoms with E-state index in [1.807, 2.05) is 54.6 Å². The maximum Gasteiger partial charge on any atom is 0.489 e. The van der Waals surface area contributed by atoms with Crippen molar-refractivity contribution < 1.29 is 14.5 Å². The summed E-state index contributed by atoms with van der Waals surface area (Å²) >= 11 is 0. The van der Waals surface area contributed by atoms with Gasteiger partial charge in [0.2, 0.25) is 0 Å². The van der Waals surface area contributed by atoms with Gasteiger partial charge >= 0.3 is 7.12 Å². The van der Waals surface area contributed by atoms with Gasteiger partial charge in [0.25, 0.3) is 0 Å². The molecule has 0 bridgehead atoms. The van der Waals surface area contributed by atoms with Gasteiger partial charge in [0, 0.05) is 16.3 Å². The largest absolute Gasteiger partial charge is 0.489 e. The monoisotopic (exact) mass is 288 g/mol. The normalized spacial score (nSPS) is 11.2. The first-order chi connectivity index (χ1) is 10.8. The minimum absolute atomic E-state index is 0.468. The number of hydrogen-bond acceptors (Lipinski definition) is 3. The second-order valence-electron chi connectivity index (χ2n) is 5.24. The summed E-state index contributed by atoms with van der Waals surface area (Å²) in [6, 6.07) is 21.0. The number of rotatable bonds is 2. The second kappa shape index (κ2) is 5.02. The van der Waals surface area contributed by atoms with E-state index in [2.05, 4.69) is 0 Å². The van der Waals surface area contributed by atoms with Crippen molar-refractivity contribution in [3.63, 3.8) is 0 Å². The molecule has 0 spiro atoms. The maximum absolute atomic E-state index is 9.60. The molecular weight excluding hydrogens is 275 g/mol. The van der Waals surface area contributed by atoms with Gasteiger partial charge in [-0.2, -0.15) is 0 Å². The Kier molecular flexibility index (Phi) is 3.00.